The Morgan fingerprint density at radius 2 is 1.95 bits per heavy atom. The topological polar surface area (TPSA) is 85.2 Å². The maximum Gasteiger partial charge on any atom is 0.162 e. The van der Waals surface area contributed by atoms with Crippen molar-refractivity contribution < 1.29 is 9.47 Å². The zero-order valence-corrected chi connectivity index (χ0v) is 11.3. The summed E-state index contributed by atoms with van der Waals surface area (Å²) in [6.07, 6.45) is 1.79. The minimum Gasteiger partial charge on any atom is -0.493 e. The smallest absolute Gasteiger partial charge is 0.162 e. The van der Waals surface area contributed by atoms with Crippen LogP contribution in [0.4, 0.5) is 11.4 Å². The van der Waals surface area contributed by atoms with Crippen molar-refractivity contribution in [3.05, 3.63) is 29.6 Å². The third-order valence-electron chi connectivity index (χ3n) is 2.96. The van der Waals surface area contributed by atoms with Gasteiger partial charge >= 0.3 is 0 Å². The van der Waals surface area contributed by atoms with Crippen LogP contribution in [0.15, 0.2) is 18.3 Å². The molecule has 6 heteroatoms. The second-order valence-corrected chi connectivity index (χ2v) is 4.17. The van der Waals surface area contributed by atoms with Crippen molar-refractivity contribution in [1.29, 1.82) is 0 Å². The van der Waals surface area contributed by atoms with Crippen LogP contribution in [0.3, 0.4) is 0 Å². The van der Waals surface area contributed by atoms with Crippen molar-refractivity contribution in [2.45, 2.75) is 13.5 Å². The summed E-state index contributed by atoms with van der Waals surface area (Å²) in [5.74, 6) is 1.26. The highest BCUT2D eigenvalue weighted by Gasteiger charge is 2.09. The number of nitrogens with zero attached hydrogens (tertiary/aromatic N) is 1. The van der Waals surface area contributed by atoms with Gasteiger partial charge in [0.05, 0.1) is 31.8 Å². The number of methoxy groups -OCH3 is 2. The molecule has 0 aliphatic rings. The molecule has 1 aromatic carbocycles. The summed E-state index contributed by atoms with van der Waals surface area (Å²) in [7, 11) is 3.18. The number of rotatable bonds is 5. The largest absolute Gasteiger partial charge is 0.493 e. The number of aryl methyl sites for hydroxylation is 1. The number of aromatic amines is 1. The maximum absolute atomic E-state index is 5.98. The maximum atomic E-state index is 5.98. The van der Waals surface area contributed by atoms with E-state index in [0.717, 1.165) is 16.9 Å². The molecule has 0 bridgehead atoms. The number of hydrogen-bond donors (Lipinski definition) is 3. The number of aromatic nitrogens is 2. The number of ether oxygens (including phenoxy) is 2. The van der Waals surface area contributed by atoms with Crippen LogP contribution in [-0.2, 0) is 6.54 Å². The summed E-state index contributed by atoms with van der Waals surface area (Å²) in [6, 6.07) is 3.56. The minimum absolute atomic E-state index is 0.610. The van der Waals surface area contributed by atoms with E-state index >= 15 is 0 Å². The number of nitrogens with two attached hydrogens (primary N) is 1. The van der Waals surface area contributed by atoms with E-state index in [0.29, 0.717) is 23.7 Å². The van der Waals surface area contributed by atoms with Crippen LogP contribution in [-0.4, -0.2) is 24.4 Å². The van der Waals surface area contributed by atoms with E-state index in [1.807, 2.05) is 13.0 Å². The molecule has 4 N–H and O–H groups in total. The monoisotopic (exact) mass is 262 g/mol. The summed E-state index contributed by atoms with van der Waals surface area (Å²) >= 11 is 0. The van der Waals surface area contributed by atoms with E-state index in [-0.39, 0.29) is 0 Å². The summed E-state index contributed by atoms with van der Waals surface area (Å²) in [4.78, 5) is 0. The Kier molecular flexibility index (Phi) is 3.79. The molecule has 0 atom stereocenters. The molecular formula is C13H18N4O2. The fourth-order valence-electron chi connectivity index (χ4n) is 1.79. The molecule has 6 nitrogen and oxygen atoms in total. The first kappa shape index (κ1) is 13.1. The fraction of sp³-hybridized carbons (Fsp3) is 0.308. The van der Waals surface area contributed by atoms with Gasteiger partial charge < -0.3 is 20.5 Å². The molecule has 0 saturated heterocycles. The fourth-order valence-corrected chi connectivity index (χ4v) is 1.79. The number of anilines is 2. The number of hydrogen-bond acceptors (Lipinski definition) is 5. The average molecular weight is 262 g/mol. The van der Waals surface area contributed by atoms with E-state index < -0.39 is 0 Å². The van der Waals surface area contributed by atoms with Gasteiger partial charge in [0.1, 0.15) is 0 Å². The molecule has 2 rings (SSSR count). The van der Waals surface area contributed by atoms with Crippen molar-refractivity contribution in [3.8, 4) is 11.5 Å². The first-order chi connectivity index (χ1) is 9.15. The molecule has 102 valence electrons. The van der Waals surface area contributed by atoms with Crippen molar-refractivity contribution in [2.75, 3.05) is 25.3 Å². The molecule has 1 aromatic heterocycles. The second kappa shape index (κ2) is 5.51. The summed E-state index contributed by atoms with van der Waals surface area (Å²) < 4.78 is 10.4. The van der Waals surface area contributed by atoms with E-state index in [1.165, 1.54) is 0 Å². The van der Waals surface area contributed by atoms with Gasteiger partial charge in [-0.15, -0.1) is 0 Å². The molecule has 0 aliphatic heterocycles. The highest BCUT2D eigenvalue weighted by atomic mass is 16.5. The Hall–Kier alpha value is -2.37. The molecule has 19 heavy (non-hydrogen) atoms. The molecular weight excluding hydrogens is 244 g/mol. The van der Waals surface area contributed by atoms with E-state index in [2.05, 4.69) is 15.5 Å². The van der Waals surface area contributed by atoms with Crippen LogP contribution in [0.1, 0.15) is 11.3 Å². The molecule has 0 radical (unpaired) electrons. The molecule has 0 unspecified atom stereocenters. The van der Waals surface area contributed by atoms with Crippen molar-refractivity contribution in [2.24, 2.45) is 0 Å². The van der Waals surface area contributed by atoms with Gasteiger partial charge in [0.15, 0.2) is 11.5 Å². The third kappa shape index (κ3) is 2.73. The Balaban J connectivity index is 2.18. The number of H-pyrrole nitrogens is 1. The Morgan fingerprint density at radius 3 is 2.53 bits per heavy atom. The van der Waals surface area contributed by atoms with Gasteiger partial charge in [-0.3, -0.25) is 5.10 Å². The standard InChI is InChI=1S/C13H18N4O2/c1-8-9(7-16-17-8)6-15-11-5-13(19-3)12(18-2)4-10(11)14/h4-5,7,15H,6,14H2,1-3H3,(H,16,17). The molecule has 0 aliphatic carbocycles. The highest BCUT2D eigenvalue weighted by Crippen LogP contribution is 2.34. The van der Waals surface area contributed by atoms with Crippen LogP contribution in [0, 0.1) is 6.92 Å². The third-order valence-corrected chi connectivity index (χ3v) is 2.96. The summed E-state index contributed by atoms with van der Waals surface area (Å²) in [5, 5.41) is 10.1. The van der Waals surface area contributed by atoms with Gasteiger partial charge in [0.25, 0.3) is 0 Å². The SMILES string of the molecule is COc1cc(N)c(NCc2cn[nH]c2C)cc1OC. The normalized spacial score (nSPS) is 10.3. The first-order valence-electron chi connectivity index (χ1n) is 5.90. The molecule has 2 aromatic rings. The number of nitrogens with one attached hydrogen (secondary N) is 2. The summed E-state index contributed by atoms with van der Waals surface area (Å²) in [5.41, 5.74) is 9.52. The molecule has 1 heterocycles. The van der Waals surface area contributed by atoms with Crippen LogP contribution in [0.25, 0.3) is 0 Å². The first-order valence-corrected chi connectivity index (χ1v) is 5.90. The van der Waals surface area contributed by atoms with E-state index in [1.54, 1.807) is 26.5 Å². The van der Waals surface area contributed by atoms with Crippen molar-refractivity contribution >= 4 is 11.4 Å². The second-order valence-electron chi connectivity index (χ2n) is 4.17. The lowest BCUT2D eigenvalue weighted by molar-refractivity contribution is 0.355. The Bertz CT molecular complexity index is 566. The van der Waals surface area contributed by atoms with Gasteiger partial charge in [0, 0.05) is 29.9 Å². The molecule has 0 spiro atoms. The highest BCUT2D eigenvalue weighted by molar-refractivity contribution is 5.72. The predicted molar refractivity (Wildman–Crippen MR) is 74.6 cm³/mol. The zero-order chi connectivity index (χ0) is 13.8. The Morgan fingerprint density at radius 1 is 1.26 bits per heavy atom. The van der Waals surface area contributed by atoms with Gasteiger partial charge in [0.2, 0.25) is 0 Å². The lowest BCUT2D eigenvalue weighted by atomic mass is 10.2. The lowest BCUT2D eigenvalue weighted by Crippen LogP contribution is -2.04. The van der Waals surface area contributed by atoms with Crippen molar-refractivity contribution in [3.63, 3.8) is 0 Å². The minimum atomic E-state index is 0.610. The summed E-state index contributed by atoms with van der Waals surface area (Å²) in [6.45, 7) is 2.62. The molecule has 0 fully saturated rings. The van der Waals surface area contributed by atoms with E-state index in [9.17, 15) is 0 Å². The van der Waals surface area contributed by atoms with Crippen molar-refractivity contribution in [1.82, 2.24) is 10.2 Å². The number of nitrogen functional groups attached to an aromatic ring is 1. The van der Waals surface area contributed by atoms with Gasteiger partial charge in [-0.05, 0) is 6.92 Å². The van der Waals surface area contributed by atoms with Crippen LogP contribution < -0.4 is 20.5 Å². The molecule has 0 saturated carbocycles. The zero-order valence-electron chi connectivity index (χ0n) is 11.3. The average Bonchev–Trinajstić information content (AvgIpc) is 2.82. The van der Waals surface area contributed by atoms with Crippen LogP contribution in [0.5, 0.6) is 11.5 Å². The quantitative estimate of drug-likeness (QED) is 0.717. The number of benzene rings is 1. The van der Waals surface area contributed by atoms with E-state index in [4.69, 9.17) is 15.2 Å². The Labute approximate surface area is 111 Å². The molecule has 0 amide bonds. The van der Waals surface area contributed by atoms with Gasteiger partial charge in [-0.1, -0.05) is 0 Å². The lowest BCUT2D eigenvalue weighted by Gasteiger charge is -2.13. The van der Waals surface area contributed by atoms with Crippen LogP contribution >= 0.6 is 0 Å². The predicted octanol–water partition coefficient (Wildman–Crippen LogP) is 1.93. The van der Waals surface area contributed by atoms with Crippen LogP contribution in [0.2, 0.25) is 0 Å². The van der Waals surface area contributed by atoms with Gasteiger partial charge in [-0.2, -0.15) is 5.10 Å². The van der Waals surface area contributed by atoms with Gasteiger partial charge in [-0.25, -0.2) is 0 Å².